The van der Waals surface area contributed by atoms with Crippen LogP contribution in [0.1, 0.15) is 52.9 Å². The van der Waals surface area contributed by atoms with E-state index >= 15 is 0 Å². The van der Waals surface area contributed by atoms with Crippen LogP contribution in [0.15, 0.2) is 91.0 Å². The molecule has 3 N–H and O–H groups in total. The van der Waals surface area contributed by atoms with Crippen molar-refractivity contribution in [2.75, 3.05) is 34.4 Å². The molecule has 52 heavy (non-hydrogen) atoms. The van der Waals surface area contributed by atoms with Gasteiger partial charge >= 0.3 is 5.97 Å². The maximum Gasteiger partial charge on any atom is 0.328 e. The molecule has 270 valence electrons. The Morgan fingerprint density at radius 2 is 1.60 bits per heavy atom. The second kappa shape index (κ2) is 17.3. The van der Waals surface area contributed by atoms with E-state index in [1.54, 1.807) is 42.5 Å². The largest absolute Gasteiger partial charge is 0.496 e. The fraction of sp³-hybridized carbons (Fsp3) is 0.293. The van der Waals surface area contributed by atoms with Gasteiger partial charge in [-0.25, -0.2) is 4.79 Å². The van der Waals surface area contributed by atoms with E-state index < -0.39 is 48.2 Å². The number of carbonyl (C=O) groups excluding carboxylic acids is 5. The Bertz CT molecular complexity index is 1920. The van der Waals surface area contributed by atoms with Crippen LogP contribution in [0.4, 0.5) is 0 Å². The molecule has 0 fully saturated rings. The van der Waals surface area contributed by atoms with Crippen molar-refractivity contribution in [1.29, 1.82) is 0 Å². The number of ether oxygens (including phenoxy) is 2. The molecule has 4 aromatic rings. The molecule has 1 heterocycles. The first-order valence-electron chi connectivity index (χ1n) is 17.3. The number of hydrogen-bond acceptors (Lipinski definition) is 7. The van der Waals surface area contributed by atoms with E-state index in [0.717, 1.165) is 36.0 Å². The Labute approximate surface area is 303 Å². The fourth-order valence-electron chi connectivity index (χ4n) is 6.20. The molecule has 2 atom stereocenters. The predicted molar refractivity (Wildman–Crippen MR) is 197 cm³/mol. The van der Waals surface area contributed by atoms with Gasteiger partial charge in [0.05, 0.1) is 27.3 Å². The van der Waals surface area contributed by atoms with Crippen LogP contribution < -0.4 is 20.7 Å². The first-order chi connectivity index (χ1) is 25.1. The maximum absolute atomic E-state index is 13.7. The average molecular weight is 705 g/mol. The number of aryl methyl sites for hydroxylation is 1. The number of methoxy groups -OCH3 is 2. The summed E-state index contributed by atoms with van der Waals surface area (Å²) in [5.74, 6) is -2.30. The molecule has 4 amide bonds. The Hall–Kier alpha value is -5.97. The smallest absolute Gasteiger partial charge is 0.328 e. The quantitative estimate of drug-likeness (QED) is 0.204. The average Bonchev–Trinajstić information content (AvgIpc) is 3.17. The summed E-state index contributed by atoms with van der Waals surface area (Å²) >= 11 is 0. The normalized spacial score (nSPS) is 15.7. The second-order valence-corrected chi connectivity index (χ2v) is 12.7. The number of hydrogen-bond donors (Lipinski definition) is 3. The van der Waals surface area contributed by atoms with E-state index in [1.165, 1.54) is 31.7 Å². The zero-order valence-electron chi connectivity index (χ0n) is 29.9. The minimum Gasteiger partial charge on any atom is -0.496 e. The lowest BCUT2D eigenvalue weighted by Crippen LogP contribution is -2.49. The summed E-state index contributed by atoms with van der Waals surface area (Å²) in [5, 5.41) is 7.91. The van der Waals surface area contributed by atoms with E-state index in [9.17, 15) is 24.0 Å². The number of nitrogens with zero attached hydrogens (tertiary/aromatic N) is 1. The molecular weight excluding hydrogens is 660 g/mol. The third kappa shape index (κ3) is 9.03. The van der Waals surface area contributed by atoms with Gasteiger partial charge in [-0.3, -0.25) is 19.2 Å². The van der Waals surface area contributed by atoms with E-state index in [4.69, 9.17) is 9.47 Å². The first-order valence-corrected chi connectivity index (χ1v) is 17.3. The SMILES string of the molecule is CCCCc1ccc(-c2ccc(C(=O)NCC(=O)N(C)C3C(=O)NCC(=O)N[C@H](C(=O)OC)Cc4ccc(OC)c(c4)-c4cccc3c4)cc2)cc1. The standard InChI is InChI=1S/C41H44N4O7/c1-5-6-8-26-11-14-28(15-12-26)29-16-18-30(19-17-29)39(48)43-25-37(47)45(2)38-32-10-7-9-31(23-32)33-21-27(13-20-35(33)51-3)22-34(41(50)52-4)44-36(46)24-42-40(38)49/h7,9-21,23,34,38H,5-6,8,22,24-25H2,1-4H3,(H,42,49)(H,43,48)(H,44,46)/t34-,38?/m0/s1. The van der Waals surface area contributed by atoms with Crippen molar-refractivity contribution in [3.8, 4) is 28.0 Å². The van der Waals surface area contributed by atoms with Gasteiger partial charge in [0.1, 0.15) is 17.8 Å². The molecule has 11 nitrogen and oxygen atoms in total. The third-order valence-corrected chi connectivity index (χ3v) is 9.14. The number of unbranched alkanes of at least 4 members (excludes halogenated alkanes) is 1. The highest BCUT2D eigenvalue weighted by molar-refractivity contribution is 5.98. The third-order valence-electron chi connectivity index (χ3n) is 9.14. The number of carbonyl (C=O) groups is 5. The van der Waals surface area contributed by atoms with Crippen LogP contribution in [0.5, 0.6) is 5.75 Å². The summed E-state index contributed by atoms with van der Waals surface area (Å²) in [7, 11) is 4.24. The van der Waals surface area contributed by atoms with Crippen molar-refractivity contribution in [1.82, 2.24) is 20.9 Å². The maximum atomic E-state index is 13.7. The van der Waals surface area contributed by atoms with Crippen LogP contribution in [-0.4, -0.2) is 74.9 Å². The molecule has 1 aliphatic rings. The van der Waals surface area contributed by atoms with Gasteiger partial charge in [-0.05, 0) is 76.6 Å². The van der Waals surface area contributed by atoms with Gasteiger partial charge in [-0.2, -0.15) is 0 Å². The molecule has 0 radical (unpaired) electrons. The molecule has 1 aliphatic heterocycles. The van der Waals surface area contributed by atoms with Gasteiger partial charge in [-0.1, -0.05) is 74.0 Å². The van der Waals surface area contributed by atoms with Gasteiger partial charge < -0.3 is 30.3 Å². The molecule has 4 aromatic carbocycles. The molecule has 11 heteroatoms. The Kier molecular flexibility index (Phi) is 12.4. The monoisotopic (exact) mass is 704 g/mol. The Morgan fingerprint density at radius 3 is 2.27 bits per heavy atom. The van der Waals surface area contributed by atoms with Crippen LogP contribution in [0.25, 0.3) is 22.3 Å². The van der Waals surface area contributed by atoms with Gasteiger partial charge in [0.15, 0.2) is 0 Å². The summed E-state index contributed by atoms with van der Waals surface area (Å²) in [6.45, 7) is 1.34. The van der Waals surface area contributed by atoms with Crippen molar-refractivity contribution in [2.24, 2.45) is 0 Å². The highest BCUT2D eigenvalue weighted by atomic mass is 16.5. The lowest BCUT2D eigenvalue weighted by atomic mass is 9.95. The summed E-state index contributed by atoms with van der Waals surface area (Å²) < 4.78 is 10.5. The minimum absolute atomic E-state index is 0.145. The molecule has 0 saturated heterocycles. The summed E-state index contributed by atoms with van der Waals surface area (Å²) in [4.78, 5) is 67.1. The van der Waals surface area contributed by atoms with Gasteiger partial charge in [-0.15, -0.1) is 0 Å². The van der Waals surface area contributed by atoms with Crippen LogP contribution in [0.2, 0.25) is 0 Å². The number of nitrogens with one attached hydrogen (secondary N) is 3. The van der Waals surface area contributed by atoms with Crippen molar-refractivity contribution in [3.63, 3.8) is 0 Å². The number of benzene rings is 4. The highest BCUT2D eigenvalue weighted by Gasteiger charge is 2.31. The zero-order valence-corrected chi connectivity index (χ0v) is 29.9. The van der Waals surface area contributed by atoms with Crippen LogP contribution in [0, 0.1) is 0 Å². The van der Waals surface area contributed by atoms with Crippen molar-refractivity contribution in [3.05, 3.63) is 113 Å². The molecule has 1 unspecified atom stereocenters. The van der Waals surface area contributed by atoms with Gasteiger partial charge in [0.2, 0.25) is 17.7 Å². The van der Waals surface area contributed by atoms with E-state index in [0.29, 0.717) is 28.0 Å². The van der Waals surface area contributed by atoms with Gasteiger partial charge in [0.25, 0.3) is 5.91 Å². The van der Waals surface area contributed by atoms with E-state index in [-0.39, 0.29) is 13.0 Å². The van der Waals surface area contributed by atoms with E-state index in [1.807, 2.05) is 24.3 Å². The van der Waals surface area contributed by atoms with Crippen LogP contribution in [0.3, 0.4) is 0 Å². The zero-order chi connectivity index (χ0) is 37.2. The fourth-order valence-corrected chi connectivity index (χ4v) is 6.20. The van der Waals surface area contributed by atoms with Crippen LogP contribution in [-0.2, 0) is 36.8 Å². The molecule has 4 bridgehead atoms. The Balaban J connectivity index is 1.34. The second-order valence-electron chi connectivity index (χ2n) is 12.7. The molecular formula is C41H44N4O7. The molecule has 0 saturated carbocycles. The molecule has 0 aliphatic carbocycles. The minimum atomic E-state index is -1.17. The lowest BCUT2D eigenvalue weighted by Gasteiger charge is -2.28. The Morgan fingerprint density at radius 1 is 0.885 bits per heavy atom. The lowest BCUT2D eigenvalue weighted by molar-refractivity contribution is -0.145. The topological polar surface area (TPSA) is 143 Å². The number of likely N-dealkylation sites (N-methyl/N-ethyl adjacent to an activating group) is 1. The molecule has 5 rings (SSSR count). The van der Waals surface area contributed by atoms with Crippen molar-refractivity contribution < 1.29 is 33.4 Å². The molecule has 0 aromatic heterocycles. The number of rotatable bonds is 10. The molecule has 0 spiro atoms. The summed E-state index contributed by atoms with van der Waals surface area (Å²) in [6.07, 6.45) is 3.47. The number of amides is 4. The number of fused-ring (bicyclic) bond motifs is 5. The highest BCUT2D eigenvalue weighted by Crippen LogP contribution is 2.34. The van der Waals surface area contributed by atoms with Gasteiger partial charge in [0, 0.05) is 24.6 Å². The van der Waals surface area contributed by atoms with E-state index in [2.05, 4.69) is 47.1 Å². The number of esters is 1. The van der Waals surface area contributed by atoms with Crippen molar-refractivity contribution in [2.45, 2.75) is 44.7 Å². The van der Waals surface area contributed by atoms with Crippen LogP contribution >= 0.6 is 0 Å². The van der Waals surface area contributed by atoms with Crippen molar-refractivity contribution >= 4 is 29.6 Å². The summed E-state index contributed by atoms with van der Waals surface area (Å²) in [6, 6.07) is 25.9. The first kappa shape index (κ1) is 37.3. The predicted octanol–water partition coefficient (Wildman–Crippen LogP) is 4.63. The summed E-state index contributed by atoms with van der Waals surface area (Å²) in [5.41, 5.74) is 6.29.